The summed E-state index contributed by atoms with van der Waals surface area (Å²) in [5, 5.41) is 0. The van der Waals surface area contributed by atoms with Crippen molar-refractivity contribution in [2.45, 2.75) is 31.7 Å². The van der Waals surface area contributed by atoms with Gasteiger partial charge in [0.2, 0.25) is 0 Å². The van der Waals surface area contributed by atoms with Crippen molar-refractivity contribution in [1.29, 1.82) is 0 Å². The Hall–Kier alpha value is -2.78. The number of benzene rings is 3. The van der Waals surface area contributed by atoms with Crippen LogP contribution >= 0.6 is 0 Å². The van der Waals surface area contributed by atoms with Crippen molar-refractivity contribution in [3.8, 4) is 11.5 Å². The Morgan fingerprint density at radius 3 is 1.59 bits per heavy atom. The lowest BCUT2D eigenvalue weighted by Gasteiger charge is -2.19. The molecule has 1 atom stereocenters. The lowest BCUT2D eigenvalue weighted by molar-refractivity contribution is 0.414. The molecule has 0 aliphatic heterocycles. The van der Waals surface area contributed by atoms with Crippen LogP contribution in [-0.4, -0.2) is 14.2 Å². The van der Waals surface area contributed by atoms with Crippen molar-refractivity contribution in [2.24, 2.45) is 11.7 Å². The van der Waals surface area contributed by atoms with E-state index in [9.17, 15) is 0 Å². The summed E-state index contributed by atoms with van der Waals surface area (Å²) in [5.74, 6) is 2.55. The lowest BCUT2D eigenvalue weighted by atomic mass is 9.85. The zero-order valence-corrected chi connectivity index (χ0v) is 17.6. The maximum Gasteiger partial charge on any atom is 0.118 e. The number of rotatable bonds is 6. The fourth-order valence-corrected chi connectivity index (χ4v) is 4.09. The van der Waals surface area contributed by atoms with E-state index < -0.39 is 0 Å². The van der Waals surface area contributed by atoms with E-state index in [1.807, 2.05) is 30.3 Å². The van der Waals surface area contributed by atoms with Crippen LogP contribution in [0.25, 0.3) is 0 Å². The molecule has 1 saturated carbocycles. The second kappa shape index (κ2) is 9.62. The van der Waals surface area contributed by atoms with E-state index in [0.29, 0.717) is 6.54 Å². The SMILES string of the molecule is CCC1CC1(c1ccc(OC)cc1)c1ccc(OC)cc1.NCc1ccccc1. The van der Waals surface area contributed by atoms with Gasteiger partial charge in [-0.05, 0) is 53.3 Å². The van der Waals surface area contributed by atoms with Gasteiger partial charge in [-0.1, -0.05) is 67.9 Å². The number of ether oxygens (including phenoxy) is 2. The molecule has 3 heteroatoms. The van der Waals surface area contributed by atoms with Gasteiger partial charge in [0.15, 0.2) is 0 Å². The second-order valence-electron chi connectivity index (χ2n) is 7.43. The maximum absolute atomic E-state index is 5.35. The Morgan fingerprint density at radius 2 is 1.28 bits per heavy atom. The summed E-state index contributed by atoms with van der Waals surface area (Å²) in [6.45, 7) is 2.92. The van der Waals surface area contributed by atoms with Crippen LogP contribution in [0.5, 0.6) is 11.5 Å². The smallest absolute Gasteiger partial charge is 0.118 e. The fraction of sp³-hybridized carbons (Fsp3) is 0.308. The summed E-state index contributed by atoms with van der Waals surface area (Å²) in [5.41, 5.74) is 9.49. The van der Waals surface area contributed by atoms with E-state index >= 15 is 0 Å². The molecule has 2 N–H and O–H groups in total. The molecule has 0 aromatic heterocycles. The second-order valence-corrected chi connectivity index (χ2v) is 7.43. The van der Waals surface area contributed by atoms with Crippen LogP contribution in [0.2, 0.25) is 0 Å². The molecule has 0 amide bonds. The molecule has 3 aromatic rings. The summed E-state index contributed by atoms with van der Waals surface area (Å²) in [6.07, 6.45) is 2.43. The Balaban J connectivity index is 0.000000252. The Kier molecular flexibility index (Phi) is 6.95. The van der Waals surface area contributed by atoms with Crippen LogP contribution in [0.4, 0.5) is 0 Å². The average Bonchev–Trinajstić information content (AvgIpc) is 3.56. The highest BCUT2D eigenvalue weighted by molar-refractivity contribution is 5.49. The maximum atomic E-state index is 5.35. The predicted molar refractivity (Wildman–Crippen MR) is 119 cm³/mol. The highest BCUT2D eigenvalue weighted by Gasteiger charge is 2.55. The predicted octanol–water partition coefficient (Wildman–Crippen LogP) is 5.57. The molecule has 152 valence electrons. The first-order valence-electron chi connectivity index (χ1n) is 10.2. The molecule has 1 fully saturated rings. The van der Waals surface area contributed by atoms with Gasteiger partial charge in [-0.3, -0.25) is 0 Å². The molecular weight excluding hydrogens is 358 g/mol. The van der Waals surface area contributed by atoms with Crippen molar-refractivity contribution in [3.63, 3.8) is 0 Å². The molecule has 0 spiro atoms. The van der Waals surface area contributed by atoms with Gasteiger partial charge in [-0.25, -0.2) is 0 Å². The van der Waals surface area contributed by atoms with Crippen molar-refractivity contribution in [1.82, 2.24) is 0 Å². The average molecular weight is 390 g/mol. The normalized spacial score (nSPS) is 16.3. The standard InChI is InChI=1S/C19H22O2.C7H9N/c1-4-14-13-19(14,15-5-9-17(20-2)10-6-15)16-7-11-18(21-3)12-8-16;8-6-7-4-2-1-3-5-7/h5-12,14H,4,13H2,1-3H3;1-5H,6,8H2. The van der Waals surface area contributed by atoms with E-state index in [1.54, 1.807) is 14.2 Å². The third-order valence-electron chi connectivity index (χ3n) is 5.89. The van der Waals surface area contributed by atoms with Crippen molar-refractivity contribution >= 4 is 0 Å². The molecule has 1 unspecified atom stereocenters. The van der Waals surface area contributed by atoms with Gasteiger partial charge >= 0.3 is 0 Å². The number of hydrogen-bond donors (Lipinski definition) is 1. The largest absolute Gasteiger partial charge is 0.497 e. The molecule has 0 bridgehead atoms. The first kappa shape index (κ1) is 20.9. The molecule has 3 nitrogen and oxygen atoms in total. The number of methoxy groups -OCH3 is 2. The molecule has 3 aromatic carbocycles. The van der Waals surface area contributed by atoms with Crippen LogP contribution in [-0.2, 0) is 12.0 Å². The molecular formula is C26H31NO2. The number of hydrogen-bond acceptors (Lipinski definition) is 3. The fourth-order valence-electron chi connectivity index (χ4n) is 4.09. The summed E-state index contributed by atoms with van der Waals surface area (Å²) >= 11 is 0. The topological polar surface area (TPSA) is 44.5 Å². The van der Waals surface area contributed by atoms with E-state index in [0.717, 1.165) is 17.4 Å². The Labute approximate surface area is 174 Å². The molecule has 0 saturated heterocycles. The van der Waals surface area contributed by atoms with E-state index in [1.165, 1.54) is 29.5 Å². The molecule has 4 rings (SSSR count). The van der Waals surface area contributed by atoms with Gasteiger partial charge in [-0.2, -0.15) is 0 Å². The molecule has 0 heterocycles. The summed E-state index contributed by atoms with van der Waals surface area (Å²) in [6, 6.07) is 27.1. The van der Waals surface area contributed by atoms with Gasteiger partial charge in [0.25, 0.3) is 0 Å². The van der Waals surface area contributed by atoms with Crippen molar-refractivity contribution < 1.29 is 9.47 Å². The third-order valence-corrected chi connectivity index (χ3v) is 5.89. The summed E-state index contributed by atoms with van der Waals surface area (Å²) in [4.78, 5) is 0. The molecule has 1 aliphatic rings. The summed E-state index contributed by atoms with van der Waals surface area (Å²) in [7, 11) is 3.42. The molecule has 1 aliphatic carbocycles. The van der Waals surface area contributed by atoms with Crippen LogP contribution in [0, 0.1) is 5.92 Å². The van der Waals surface area contributed by atoms with Crippen LogP contribution in [0.1, 0.15) is 36.5 Å². The van der Waals surface area contributed by atoms with Crippen LogP contribution in [0.15, 0.2) is 78.9 Å². The minimum atomic E-state index is 0.174. The van der Waals surface area contributed by atoms with Gasteiger partial charge in [0.1, 0.15) is 11.5 Å². The zero-order chi connectivity index (χ0) is 20.7. The van der Waals surface area contributed by atoms with Gasteiger partial charge in [0, 0.05) is 12.0 Å². The van der Waals surface area contributed by atoms with E-state index in [2.05, 4.69) is 55.5 Å². The van der Waals surface area contributed by atoms with Crippen LogP contribution < -0.4 is 15.2 Å². The van der Waals surface area contributed by atoms with Gasteiger partial charge in [-0.15, -0.1) is 0 Å². The Morgan fingerprint density at radius 1 is 0.793 bits per heavy atom. The highest BCUT2D eigenvalue weighted by atomic mass is 16.5. The monoisotopic (exact) mass is 389 g/mol. The number of nitrogens with two attached hydrogens (primary N) is 1. The minimum Gasteiger partial charge on any atom is -0.497 e. The first-order chi connectivity index (χ1) is 14.2. The first-order valence-corrected chi connectivity index (χ1v) is 10.2. The summed E-state index contributed by atoms with van der Waals surface area (Å²) < 4.78 is 10.5. The molecule has 29 heavy (non-hydrogen) atoms. The third kappa shape index (κ3) is 4.63. The zero-order valence-electron chi connectivity index (χ0n) is 17.6. The Bertz CT molecular complexity index is 825. The van der Waals surface area contributed by atoms with Gasteiger partial charge in [0.05, 0.1) is 14.2 Å². The highest BCUT2D eigenvalue weighted by Crippen LogP contribution is 2.60. The minimum absolute atomic E-state index is 0.174. The van der Waals surface area contributed by atoms with Crippen molar-refractivity contribution in [2.75, 3.05) is 14.2 Å². The quantitative estimate of drug-likeness (QED) is 0.600. The van der Waals surface area contributed by atoms with Crippen molar-refractivity contribution in [3.05, 3.63) is 95.6 Å². The van der Waals surface area contributed by atoms with E-state index in [-0.39, 0.29) is 5.41 Å². The molecule has 0 radical (unpaired) electrons. The van der Waals surface area contributed by atoms with E-state index in [4.69, 9.17) is 15.2 Å². The van der Waals surface area contributed by atoms with Crippen LogP contribution in [0.3, 0.4) is 0 Å². The lowest BCUT2D eigenvalue weighted by Crippen LogP contribution is -2.12. The van der Waals surface area contributed by atoms with Gasteiger partial charge < -0.3 is 15.2 Å².